The summed E-state index contributed by atoms with van der Waals surface area (Å²) < 4.78 is 13.4. The van der Waals surface area contributed by atoms with Crippen molar-refractivity contribution >= 4 is 16.7 Å². The van der Waals surface area contributed by atoms with E-state index < -0.39 is 0 Å². The van der Waals surface area contributed by atoms with E-state index in [1.165, 1.54) is 0 Å². The molecule has 0 amide bonds. The number of benzene rings is 3. The van der Waals surface area contributed by atoms with Gasteiger partial charge in [-0.15, -0.1) is 0 Å². The number of hydrogen-bond donors (Lipinski definition) is 1. The maximum Gasteiger partial charge on any atom is 0.145 e. The molecular formula is C22H19N3O2. The first-order valence-corrected chi connectivity index (χ1v) is 8.85. The van der Waals surface area contributed by atoms with E-state index in [2.05, 4.69) is 28.1 Å². The van der Waals surface area contributed by atoms with Crippen LogP contribution in [-0.2, 0) is 0 Å². The third-order valence-electron chi connectivity index (χ3n) is 5.05. The molecule has 4 aromatic rings. The molecule has 3 aromatic carbocycles. The number of nitrogens with one attached hydrogen (secondary N) is 1. The number of ether oxygens (including phenoxy) is 2. The summed E-state index contributed by atoms with van der Waals surface area (Å²) in [5.41, 5.74) is 5.18. The molecule has 134 valence electrons. The van der Waals surface area contributed by atoms with Gasteiger partial charge in [-0.1, -0.05) is 24.3 Å². The van der Waals surface area contributed by atoms with Gasteiger partial charge in [-0.25, -0.2) is 4.98 Å². The topological polar surface area (TPSA) is 48.3 Å². The van der Waals surface area contributed by atoms with Crippen molar-refractivity contribution in [1.29, 1.82) is 0 Å². The van der Waals surface area contributed by atoms with Crippen molar-refractivity contribution in [2.75, 3.05) is 19.5 Å². The van der Waals surface area contributed by atoms with Crippen molar-refractivity contribution in [2.45, 2.75) is 6.17 Å². The highest BCUT2D eigenvalue weighted by Crippen LogP contribution is 2.43. The van der Waals surface area contributed by atoms with Crippen LogP contribution in [0, 0.1) is 0 Å². The van der Waals surface area contributed by atoms with Crippen LogP contribution in [0.3, 0.4) is 0 Å². The number of imidazole rings is 1. The standard InChI is InChI=1S/C22H19N3O2/c1-26-14-11-12-20(27-2)16(13-14)22-23-17-8-4-3-7-15(17)21-24-18-9-5-6-10-19(18)25(21)22/h3-13,22-23H,1-2H3/t22-/m0/s1. The molecular weight excluding hydrogens is 338 g/mol. The molecule has 1 aromatic heterocycles. The fourth-order valence-corrected chi connectivity index (χ4v) is 3.78. The summed E-state index contributed by atoms with van der Waals surface area (Å²) in [5, 5.41) is 3.66. The highest BCUT2D eigenvalue weighted by Gasteiger charge is 2.30. The van der Waals surface area contributed by atoms with Crippen LogP contribution in [-0.4, -0.2) is 23.8 Å². The molecule has 1 atom stereocenters. The van der Waals surface area contributed by atoms with Gasteiger partial charge in [-0.3, -0.25) is 4.57 Å². The van der Waals surface area contributed by atoms with Gasteiger partial charge in [0.25, 0.3) is 0 Å². The third kappa shape index (κ3) is 2.35. The average Bonchev–Trinajstić information content (AvgIpc) is 3.12. The Morgan fingerprint density at radius 2 is 1.74 bits per heavy atom. The van der Waals surface area contributed by atoms with Gasteiger partial charge in [-0.05, 0) is 42.5 Å². The van der Waals surface area contributed by atoms with E-state index in [0.717, 1.165) is 45.2 Å². The Hall–Kier alpha value is -3.47. The first kappa shape index (κ1) is 15.8. The van der Waals surface area contributed by atoms with Crippen molar-refractivity contribution < 1.29 is 9.47 Å². The predicted molar refractivity (Wildman–Crippen MR) is 106 cm³/mol. The van der Waals surface area contributed by atoms with Crippen molar-refractivity contribution in [2.24, 2.45) is 0 Å². The Kier molecular flexibility index (Phi) is 3.53. The minimum absolute atomic E-state index is 0.160. The molecule has 0 unspecified atom stereocenters. The monoisotopic (exact) mass is 357 g/mol. The summed E-state index contributed by atoms with van der Waals surface area (Å²) in [4.78, 5) is 4.92. The molecule has 0 fully saturated rings. The molecule has 0 aliphatic carbocycles. The lowest BCUT2D eigenvalue weighted by Crippen LogP contribution is -2.25. The summed E-state index contributed by atoms with van der Waals surface area (Å²) >= 11 is 0. The molecule has 5 heteroatoms. The second-order valence-electron chi connectivity index (χ2n) is 6.49. The van der Waals surface area contributed by atoms with Gasteiger partial charge in [0.15, 0.2) is 0 Å². The molecule has 1 aliphatic heterocycles. The molecule has 0 saturated heterocycles. The van der Waals surface area contributed by atoms with Gasteiger partial charge >= 0.3 is 0 Å². The SMILES string of the molecule is COc1ccc(OC)c([C@H]2Nc3ccccc3-c3nc4ccccc4n32)c1. The van der Waals surface area contributed by atoms with Crippen LogP contribution in [0.15, 0.2) is 66.7 Å². The summed E-state index contributed by atoms with van der Waals surface area (Å²) in [6, 6.07) is 22.3. The summed E-state index contributed by atoms with van der Waals surface area (Å²) in [5.74, 6) is 2.54. The number of rotatable bonds is 3. The molecule has 1 aliphatic rings. The number of methoxy groups -OCH3 is 2. The van der Waals surface area contributed by atoms with Crippen molar-refractivity contribution in [3.05, 3.63) is 72.3 Å². The second kappa shape index (κ2) is 6.06. The summed E-state index contributed by atoms with van der Waals surface area (Å²) in [6.45, 7) is 0. The largest absolute Gasteiger partial charge is 0.497 e. The van der Waals surface area contributed by atoms with Gasteiger partial charge in [0.2, 0.25) is 0 Å². The number of nitrogens with zero attached hydrogens (tertiary/aromatic N) is 2. The molecule has 0 bridgehead atoms. The van der Waals surface area contributed by atoms with Gasteiger partial charge in [0.05, 0.1) is 25.3 Å². The van der Waals surface area contributed by atoms with E-state index in [-0.39, 0.29) is 6.17 Å². The lowest BCUT2D eigenvalue weighted by Gasteiger charge is -2.31. The van der Waals surface area contributed by atoms with E-state index in [1.807, 2.05) is 48.5 Å². The van der Waals surface area contributed by atoms with Crippen LogP contribution in [0.5, 0.6) is 11.5 Å². The Bertz CT molecular complexity index is 1150. The molecule has 1 N–H and O–H groups in total. The quantitative estimate of drug-likeness (QED) is 0.578. The maximum atomic E-state index is 5.66. The van der Waals surface area contributed by atoms with Crippen LogP contribution in [0.1, 0.15) is 11.7 Å². The molecule has 27 heavy (non-hydrogen) atoms. The van der Waals surface area contributed by atoms with Crippen molar-refractivity contribution in [3.63, 3.8) is 0 Å². The fraction of sp³-hybridized carbons (Fsp3) is 0.136. The first-order valence-electron chi connectivity index (χ1n) is 8.85. The zero-order valence-corrected chi connectivity index (χ0v) is 15.1. The zero-order valence-electron chi connectivity index (χ0n) is 15.1. The predicted octanol–water partition coefficient (Wildman–Crippen LogP) is 4.69. The average molecular weight is 357 g/mol. The van der Waals surface area contributed by atoms with Crippen LogP contribution in [0.4, 0.5) is 5.69 Å². The maximum absolute atomic E-state index is 5.66. The minimum Gasteiger partial charge on any atom is -0.497 e. The Balaban J connectivity index is 1.82. The number of hydrogen-bond acceptors (Lipinski definition) is 4. The minimum atomic E-state index is -0.160. The molecule has 0 spiro atoms. The van der Waals surface area contributed by atoms with E-state index in [4.69, 9.17) is 14.5 Å². The first-order chi connectivity index (χ1) is 13.3. The molecule has 0 saturated carbocycles. The van der Waals surface area contributed by atoms with E-state index >= 15 is 0 Å². The van der Waals surface area contributed by atoms with Gasteiger partial charge in [0, 0.05) is 16.8 Å². The molecule has 0 radical (unpaired) electrons. The highest BCUT2D eigenvalue weighted by molar-refractivity contribution is 5.87. The van der Waals surface area contributed by atoms with Gasteiger partial charge < -0.3 is 14.8 Å². The second-order valence-corrected chi connectivity index (χ2v) is 6.49. The summed E-state index contributed by atoms with van der Waals surface area (Å²) in [6.07, 6.45) is -0.160. The van der Waals surface area contributed by atoms with E-state index in [9.17, 15) is 0 Å². The van der Waals surface area contributed by atoms with Crippen molar-refractivity contribution in [3.8, 4) is 22.9 Å². The Morgan fingerprint density at radius 1 is 0.926 bits per heavy atom. The molecule has 5 rings (SSSR count). The van der Waals surface area contributed by atoms with Crippen LogP contribution in [0.25, 0.3) is 22.4 Å². The lowest BCUT2D eigenvalue weighted by atomic mass is 10.0. The van der Waals surface area contributed by atoms with Gasteiger partial charge in [0.1, 0.15) is 23.5 Å². The Morgan fingerprint density at radius 3 is 2.59 bits per heavy atom. The number of anilines is 1. The number of fused-ring (bicyclic) bond motifs is 5. The smallest absolute Gasteiger partial charge is 0.145 e. The van der Waals surface area contributed by atoms with E-state index in [0.29, 0.717) is 0 Å². The number of aromatic nitrogens is 2. The van der Waals surface area contributed by atoms with Crippen LogP contribution >= 0.6 is 0 Å². The van der Waals surface area contributed by atoms with Crippen LogP contribution < -0.4 is 14.8 Å². The number of para-hydroxylation sites is 3. The Labute approximate surface area is 157 Å². The van der Waals surface area contributed by atoms with Crippen LogP contribution in [0.2, 0.25) is 0 Å². The molecule has 2 heterocycles. The van der Waals surface area contributed by atoms with E-state index in [1.54, 1.807) is 14.2 Å². The normalized spacial score (nSPS) is 15.0. The van der Waals surface area contributed by atoms with Gasteiger partial charge in [-0.2, -0.15) is 0 Å². The molecule has 5 nitrogen and oxygen atoms in total. The lowest BCUT2D eigenvalue weighted by molar-refractivity contribution is 0.394. The summed E-state index contributed by atoms with van der Waals surface area (Å²) in [7, 11) is 3.36. The fourth-order valence-electron chi connectivity index (χ4n) is 3.78. The zero-order chi connectivity index (χ0) is 18.4. The third-order valence-corrected chi connectivity index (χ3v) is 5.05. The highest BCUT2D eigenvalue weighted by atomic mass is 16.5. The van der Waals surface area contributed by atoms with Crippen molar-refractivity contribution in [1.82, 2.24) is 9.55 Å².